The molecule has 2 rings (SSSR count). The van der Waals surface area contributed by atoms with E-state index in [2.05, 4.69) is 10.3 Å². The summed E-state index contributed by atoms with van der Waals surface area (Å²) in [6, 6.07) is 10.1. The Morgan fingerprint density at radius 1 is 1.09 bits per heavy atom. The highest BCUT2D eigenvalue weighted by atomic mass is 32.2. The third-order valence-electron chi connectivity index (χ3n) is 3.35. The minimum Gasteiger partial charge on any atom is -0.356 e. The number of nitrogens with two attached hydrogens (primary N) is 1. The van der Waals surface area contributed by atoms with Crippen LogP contribution in [-0.4, -0.2) is 25.9 Å². The van der Waals surface area contributed by atoms with E-state index in [9.17, 15) is 13.2 Å². The molecule has 23 heavy (non-hydrogen) atoms. The van der Waals surface area contributed by atoms with Crippen LogP contribution in [0.3, 0.4) is 0 Å². The first-order chi connectivity index (χ1) is 10.9. The molecule has 122 valence electrons. The Hall–Kier alpha value is -2.25. The molecule has 0 saturated heterocycles. The molecule has 1 heterocycles. The van der Waals surface area contributed by atoms with Crippen molar-refractivity contribution in [2.45, 2.75) is 24.2 Å². The summed E-state index contributed by atoms with van der Waals surface area (Å²) < 4.78 is 22.3. The fourth-order valence-corrected chi connectivity index (χ4v) is 2.60. The van der Waals surface area contributed by atoms with Crippen LogP contribution >= 0.6 is 0 Å². The van der Waals surface area contributed by atoms with Crippen molar-refractivity contribution in [3.8, 4) is 0 Å². The van der Waals surface area contributed by atoms with Crippen LogP contribution in [0.25, 0.3) is 0 Å². The SMILES string of the molecule is NS(=O)(=O)c1ccc(CCNC(=O)CCc2cccnc2)cc1. The van der Waals surface area contributed by atoms with Gasteiger partial charge in [0.05, 0.1) is 4.90 Å². The Balaban J connectivity index is 1.73. The van der Waals surface area contributed by atoms with Gasteiger partial charge in [-0.25, -0.2) is 13.6 Å². The van der Waals surface area contributed by atoms with E-state index in [4.69, 9.17) is 5.14 Å². The predicted octanol–water partition coefficient (Wildman–Crippen LogP) is 1.02. The molecule has 7 heteroatoms. The zero-order valence-electron chi connectivity index (χ0n) is 12.6. The number of carbonyl (C=O) groups is 1. The van der Waals surface area contributed by atoms with E-state index in [1.165, 1.54) is 12.1 Å². The summed E-state index contributed by atoms with van der Waals surface area (Å²) in [5.41, 5.74) is 1.96. The van der Waals surface area contributed by atoms with E-state index >= 15 is 0 Å². The third kappa shape index (κ3) is 5.80. The first kappa shape index (κ1) is 17.1. The Bertz CT molecular complexity index is 744. The van der Waals surface area contributed by atoms with Crippen molar-refractivity contribution in [1.29, 1.82) is 0 Å². The number of amides is 1. The number of aryl methyl sites for hydroxylation is 1. The second-order valence-electron chi connectivity index (χ2n) is 5.15. The standard InChI is InChI=1S/C16H19N3O3S/c17-23(21,22)15-6-3-13(4-7-15)9-11-19-16(20)8-5-14-2-1-10-18-12-14/h1-4,6-7,10,12H,5,8-9,11H2,(H,19,20)(H2,17,21,22). The fourth-order valence-electron chi connectivity index (χ4n) is 2.08. The van der Waals surface area contributed by atoms with Gasteiger partial charge in [0.1, 0.15) is 0 Å². The lowest BCUT2D eigenvalue weighted by atomic mass is 10.1. The Morgan fingerprint density at radius 2 is 1.83 bits per heavy atom. The van der Waals surface area contributed by atoms with E-state index in [1.807, 2.05) is 12.1 Å². The van der Waals surface area contributed by atoms with Gasteiger partial charge < -0.3 is 5.32 Å². The zero-order chi connectivity index (χ0) is 16.7. The summed E-state index contributed by atoms with van der Waals surface area (Å²) in [5.74, 6) is -0.0185. The summed E-state index contributed by atoms with van der Waals surface area (Å²) in [7, 11) is -3.66. The lowest BCUT2D eigenvalue weighted by molar-refractivity contribution is -0.121. The predicted molar refractivity (Wildman–Crippen MR) is 87.1 cm³/mol. The lowest BCUT2D eigenvalue weighted by Gasteiger charge is -2.06. The molecule has 2 aromatic rings. The van der Waals surface area contributed by atoms with E-state index < -0.39 is 10.0 Å². The van der Waals surface area contributed by atoms with Gasteiger partial charge in [0.15, 0.2) is 0 Å². The van der Waals surface area contributed by atoms with Gasteiger partial charge in [-0.2, -0.15) is 0 Å². The third-order valence-corrected chi connectivity index (χ3v) is 4.28. The molecule has 0 fully saturated rings. The van der Waals surface area contributed by atoms with Crippen molar-refractivity contribution < 1.29 is 13.2 Å². The minimum absolute atomic E-state index is 0.0185. The fraction of sp³-hybridized carbons (Fsp3) is 0.250. The molecule has 0 aliphatic heterocycles. The normalized spacial score (nSPS) is 11.2. The number of hydrogen-bond acceptors (Lipinski definition) is 4. The highest BCUT2D eigenvalue weighted by molar-refractivity contribution is 7.89. The van der Waals surface area contributed by atoms with Crippen LogP contribution in [-0.2, 0) is 27.7 Å². The van der Waals surface area contributed by atoms with Crippen LogP contribution < -0.4 is 10.5 Å². The molecular formula is C16H19N3O3S. The molecule has 0 bridgehead atoms. The molecule has 0 radical (unpaired) electrons. The summed E-state index contributed by atoms with van der Waals surface area (Å²) >= 11 is 0. The van der Waals surface area contributed by atoms with Gasteiger partial charge >= 0.3 is 0 Å². The number of nitrogens with one attached hydrogen (secondary N) is 1. The van der Waals surface area contributed by atoms with E-state index in [0.717, 1.165) is 11.1 Å². The Kier molecular flexibility index (Phi) is 5.84. The van der Waals surface area contributed by atoms with Crippen molar-refractivity contribution in [2.75, 3.05) is 6.54 Å². The second kappa shape index (κ2) is 7.85. The molecule has 1 aromatic heterocycles. The maximum Gasteiger partial charge on any atom is 0.238 e. The number of hydrogen-bond donors (Lipinski definition) is 2. The van der Waals surface area contributed by atoms with Crippen molar-refractivity contribution in [2.24, 2.45) is 5.14 Å². The molecule has 1 aromatic carbocycles. The maximum atomic E-state index is 11.8. The molecular weight excluding hydrogens is 314 g/mol. The van der Waals surface area contributed by atoms with Gasteiger partial charge in [0.2, 0.25) is 15.9 Å². The van der Waals surface area contributed by atoms with Crippen LogP contribution in [0.2, 0.25) is 0 Å². The Morgan fingerprint density at radius 3 is 2.43 bits per heavy atom. The highest BCUT2D eigenvalue weighted by Gasteiger charge is 2.07. The number of sulfonamides is 1. The van der Waals surface area contributed by atoms with Gasteiger partial charge in [-0.05, 0) is 42.2 Å². The number of rotatable bonds is 7. The monoisotopic (exact) mass is 333 g/mol. The van der Waals surface area contributed by atoms with E-state index in [-0.39, 0.29) is 10.8 Å². The van der Waals surface area contributed by atoms with Crippen LogP contribution in [0.15, 0.2) is 53.7 Å². The molecule has 0 unspecified atom stereocenters. The molecule has 1 amide bonds. The highest BCUT2D eigenvalue weighted by Crippen LogP contribution is 2.09. The number of aromatic nitrogens is 1. The number of benzene rings is 1. The largest absolute Gasteiger partial charge is 0.356 e. The van der Waals surface area contributed by atoms with Gasteiger partial charge in [0.25, 0.3) is 0 Å². The van der Waals surface area contributed by atoms with Gasteiger partial charge in [-0.1, -0.05) is 18.2 Å². The van der Waals surface area contributed by atoms with E-state index in [1.54, 1.807) is 24.5 Å². The van der Waals surface area contributed by atoms with Crippen molar-refractivity contribution >= 4 is 15.9 Å². The van der Waals surface area contributed by atoms with E-state index in [0.29, 0.717) is 25.8 Å². The van der Waals surface area contributed by atoms with Crippen LogP contribution in [0.1, 0.15) is 17.5 Å². The smallest absolute Gasteiger partial charge is 0.238 e. The lowest BCUT2D eigenvalue weighted by Crippen LogP contribution is -2.25. The molecule has 0 aliphatic carbocycles. The topological polar surface area (TPSA) is 102 Å². The molecule has 6 nitrogen and oxygen atoms in total. The first-order valence-electron chi connectivity index (χ1n) is 7.22. The summed E-state index contributed by atoms with van der Waals surface area (Å²) in [4.78, 5) is 15.9. The number of carbonyl (C=O) groups excluding carboxylic acids is 1. The second-order valence-corrected chi connectivity index (χ2v) is 6.71. The Labute approximate surface area is 135 Å². The average Bonchev–Trinajstić information content (AvgIpc) is 2.53. The van der Waals surface area contributed by atoms with Crippen molar-refractivity contribution in [3.63, 3.8) is 0 Å². The summed E-state index contributed by atoms with van der Waals surface area (Å²) in [6.45, 7) is 0.501. The number of nitrogens with zero attached hydrogens (tertiary/aromatic N) is 1. The van der Waals surface area contributed by atoms with Gasteiger partial charge in [0, 0.05) is 25.4 Å². The molecule has 0 spiro atoms. The minimum atomic E-state index is -3.66. The number of pyridine rings is 1. The van der Waals surface area contributed by atoms with Crippen LogP contribution in [0.5, 0.6) is 0 Å². The molecule has 0 saturated carbocycles. The quantitative estimate of drug-likeness (QED) is 0.789. The molecule has 0 atom stereocenters. The molecule has 0 aliphatic rings. The van der Waals surface area contributed by atoms with Crippen LogP contribution in [0.4, 0.5) is 0 Å². The van der Waals surface area contributed by atoms with Crippen molar-refractivity contribution in [1.82, 2.24) is 10.3 Å². The first-order valence-corrected chi connectivity index (χ1v) is 8.77. The number of primary sulfonamides is 1. The van der Waals surface area contributed by atoms with Gasteiger partial charge in [-0.3, -0.25) is 9.78 Å². The molecule has 3 N–H and O–H groups in total. The summed E-state index contributed by atoms with van der Waals surface area (Å²) in [5, 5.41) is 7.88. The van der Waals surface area contributed by atoms with Crippen molar-refractivity contribution in [3.05, 3.63) is 59.9 Å². The van der Waals surface area contributed by atoms with Crippen LogP contribution in [0, 0.1) is 0 Å². The zero-order valence-corrected chi connectivity index (χ0v) is 13.4. The summed E-state index contributed by atoms with van der Waals surface area (Å²) in [6.07, 6.45) is 5.15. The maximum absolute atomic E-state index is 11.8. The van der Waals surface area contributed by atoms with Gasteiger partial charge in [-0.15, -0.1) is 0 Å². The average molecular weight is 333 g/mol.